The lowest BCUT2D eigenvalue weighted by Gasteiger charge is -2.10. The van der Waals surface area contributed by atoms with Crippen LogP contribution in [0.5, 0.6) is 0 Å². The summed E-state index contributed by atoms with van der Waals surface area (Å²) in [5, 5.41) is 2.70. The number of alkyl carbamates (subject to hydrolysis) is 1. The van der Waals surface area contributed by atoms with E-state index in [0.717, 1.165) is 29.7 Å². The minimum atomic E-state index is -0.400. The van der Waals surface area contributed by atoms with Crippen molar-refractivity contribution in [2.45, 2.75) is 25.4 Å². The fourth-order valence-corrected chi connectivity index (χ4v) is 2.30. The molecule has 1 amide bonds. The number of carbonyl (C=O) groups excluding carboxylic acids is 1. The Morgan fingerprint density at radius 3 is 3.21 bits per heavy atom. The van der Waals surface area contributed by atoms with Crippen molar-refractivity contribution in [3.63, 3.8) is 0 Å². The molecule has 1 unspecified atom stereocenters. The molecule has 1 N–H and O–H groups in total. The molecule has 2 rings (SSSR count). The zero-order valence-corrected chi connectivity index (χ0v) is 12.5. The number of hydrogen-bond donors (Lipinski definition) is 1. The Balaban J connectivity index is 1.62. The van der Waals surface area contributed by atoms with Crippen LogP contribution in [0.15, 0.2) is 10.9 Å². The summed E-state index contributed by atoms with van der Waals surface area (Å²) < 4.78 is 13.3. The van der Waals surface area contributed by atoms with Crippen LogP contribution in [0.1, 0.15) is 18.5 Å². The maximum Gasteiger partial charge on any atom is 0.407 e. The summed E-state index contributed by atoms with van der Waals surface area (Å²) in [6.45, 7) is 1.60. The highest BCUT2D eigenvalue weighted by Gasteiger charge is 2.17. The van der Waals surface area contributed by atoms with Gasteiger partial charge in [-0.05, 0) is 28.8 Å². The normalized spacial score (nSPS) is 18.5. The summed E-state index contributed by atoms with van der Waals surface area (Å²) in [6.07, 6.45) is 4.07. The van der Waals surface area contributed by atoms with E-state index in [0.29, 0.717) is 19.6 Å². The fraction of sp³-hybridized carbons (Fsp3) is 0.667. The van der Waals surface area contributed by atoms with E-state index in [2.05, 4.69) is 26.2 Å². The Hall–Kier alpha value is -1.08. The van der Waals surface area contributed by atoms with Crippen LogP contribution in [-0.2, 0) is 22.9 Å². The van der Waals surface area contributed by atoms with E-state index in [9.17, 15) is 4.79 Å². The van der Waals surface area contributed by atoms with Crippen LogP contribution in [0.2, 0.25) is 0 Å². The Bertz CT molecular complexity index is 430. The van der Waals surface area contributed by atoms with Gasteiger partial charge in [0.05, 0.1) is 18.1 Å². The van der Waals surface area contributed by atoms with Crippen molar-refractivity contribution in [1.29, 1.82) is 0 Å². The summed E-state index contributed by atoms with van der Waals surface area (Å²) in [4.78, 5) is 15.7. The van der Waals surface area contributed by atoms with Gasteiger partial charge in [-0.15, -0.1) is 0 Å². The summed E-state index contributed by atoms with van der Waals surface area (Å²) in [5.74, 6) is 0. The Kier molecular flexibility index (Phi) is 5.21. The third-order valence-electron chi connectivity index (χ3n) is 2.99. The van der Waals surface area contributed by atoms with E-state index in [1.54, 1.807) is 6.33 Å². The van der Waals surface area contributed by atoms with Gasteiger partial charge in [-0.3, -0.25) is 0 Å². The quantitative estimate of drug-likeness (QED) is 0.890. The van der Waals surface area contributed by atoms with Gasteiger partial charge in [0.25, 0.3) is 0 Å². The first kappa shape index (κ1) is 14.3. The SMILES string of the molecule is Cn1cnc(CCNC(=O)OCC2CCCO2)c1Br. The van der Waals surface area contributed by atoms with E-state index in [4.69, 9.17) is 9.47 Å². The summed E-state index contributed by atoms with van der Waals surface area (Å²) in [6, 6.07) is 0. The standard InChI is InChI=1S/C12H18BrN3O3/c1-16-8-15-10(11(16)13)4-5-14-12(17)19-7-9-3-2-6-18-9/h8-9H,2-7H2,1H3,(H,14,17). The topological polar surface area (TPSA) is 65.4 Å². The van der Waals surface area contributed by atoms with Gasteiger partial charge in [0.15, 0.2) is 0 Å². The molecule has 0 aliphatic carbocycles. The van der Waals surface area contributed by atoms with Gasteiger partial charge in [-0.2, -0.15) is 0 Å². The van der Waals surface area contributed by atoms with Crippen LogP contribution in [0.4, 0.5) is 4.79 Å². The van der Waals surface area contributed by atoms with Crippen LogP contribution in [0.25, 0.3) is 0 Å². The van der Waals surface area contributed by atoms with Gasteiger partial charge in [-0.25, -0.2) is 9.78 Å². The van der Waals surface area contributed by atoms with Gasteiger partial charge in [0, 0.05) is 26.6 Å². The van der Waals surface area contributed by atoms with E-state index in [-0.39, 0.29) is 6.10 Å². The lowest BCUT2D eigenvalue weighted by molar-refractivity contribution is 0.0439. The molecule has 106 valence electrons. The molecule has 2 heterocycles. The molecule has 1 aliphatic rings. The molecule has 1 fully saturated rings. The van der Waals surface area contributed by atoms with Crippen LogP contribution < -0.4 is 5.32 Å². The van der Waals surface area contributed by atoms with E-state index >= 15 is 0 Å². The van der Waals surface area contributed by atoms with Crippen LogP contribution in [-0.4, -0.2) is 41.5 Å². The molecule has 0 aromatic carbocycles. The van der Waals surface area contributed by atoms with E-state index in [1.165, 1.54) is 0 Å². The van der Waals surface area contributed by atoms with Crippen molar-refractivity contribution in [3.05, 3.63) is 16.6 Å². The first-order valence-corrected chi connectivity index (χ1v) is 7.14. The second-order valence-electron chi connectivity index (χ2n) is 4.50. The molecule has 1 saturated heterocycles. The lowest BCUT2D eigenvalue weighted by Crippen LogP contribution is -2.29. The average molecular weight is 332 g/mol. The maximum atomic E-state index is 11.5. The highest BCUT2D eigenvalue weighted by molar-refractivity contribution is 9.10. The third-order valence-corrected chi connectivity index (χ3v) is 4.01. The van der Waals surface area contributed by atoms with Crippen LogP contribution in [0.3, 0.4) is 0 Å². The molecule has 7 heteroatoms. The van der Waals surface area contributed by atoms with Crippen LogP contribution >= 0.6 is 15.9 Å². The van der Waals surface area contributed by atoms with Gasteiger partial charge >= 0.3 is 6.09 Å². The number of hydrogen-bond acceptors (Lipinski definition) is 4. The summed E-state index contributed by atoms with van der Waals surface area (Å²) >= 11 is 3.43. The summed E-state index contributed by atoms with van der Waals surface area (Å²) in [7, 11) is 1.91. The number of nitrogens with one attached hydrogen (secondary N) is 1. The number of amides is 1. The zero-order valence-electron chi connectivity index (χ0n) is 10.9. The molecule has 1 aromatic heterocycles. The lowest BCUT2D eigenvalue weighted by atomic mass is 10.2. The van der Waals surface area contributed by atoms with E-state index in [1.807, 2.05) is 11.6 Å². The molecular formula is C12H18BrN3O3. The zero-order chi connectivity index (χ0) is 13.7. The number of aryl methyl sites for hydroxylation is 1. The van der Waals surface area contributed by atoms with Gasteiger partial charge in [0.1, 0.15) is 11.2 Å². The van der Waals surface area contributed by atoms with Crippen LogP contribution in [0, 0.1) is 0 Å². The fourth-order valence-electron chi connectivity index (χ4n) is 1.91. The molecule has 19 heavy (non-hydrogen) atoms. The molecule has 0 spiro atoms. The van der Waals surface area contributed by atoms with Crippen molar-refractivity contribution in [2.75, 3.05) is 19.8 Å². The number of nitrogens with zero attached hydrogens (tertiary/aromatic N) is 2. The van der Waals surface area contributed by atoms with Crippen molar-refractivity contribution in [1.82, 2.24) is 14.9 Å². The average Bonchev–Trinajstić information content (AvgIpc) is 3.01. The Labute approximate surface area is 120 Å². The molecule has 6 nitrogen and oxygen atoms in total. The molecular weight excluding hydrogens is 314 g/mol. The minimum absolute atomic E-state index is 0.0654. The molecule has 0 saturated carbocycles. The first-order chi connectivity index (χ1) is 9.16. The monoisotopic (exact) mass is 331 g/mol. The highest BCUT2D eigenvalue weighted by Crippen LogP contribution is 2.14. The smallest absolute Gasteiger partial charge is 0.407 e. The van der Waals surface area contributed by atoms with Crippen molar-refractivity contribution in [2.24, 2.45) is 7.05 Å². The molecule has 1 atom stereocenters. The number of ether oxygens (including phenoxy) is 2. The van der Waals surface area contributed by atoms with Crippen molar-refractivity contribution < 1.29 is 14.3 Å². The molecule has 0 radical (unpaired) electrons. The molecule has 1 aliphatic heterocycles. The van der Waals surface area contributed by atoms with Gasteiger partial charge in [-0.1, -0.05) is 0 Å². The van der Waals surface area contributed by atoms with Gasteiger partial charge in [0.2, 0.25) is 0 Å². The number of aromatic nitrogens is 2. The molecule has 0 bridgehead atoms. The second-order valence-corrected chi connectivity index (χ2v) is 5.25. The predicted octanol–water partition coefficient (Wildman–Crippen LogP) is 1.63. The number of halogens is 1. The number of carbonyl (C=O) groups is 1. The Morgan fingerprint density at radius 2 is 2.58 bits per heavy atom. The van der Waals surface area contributed by atoms with Crippen molar-refractivity contribution >= 4 is 22.0 Å². The largest absolute Gasteiger partial charge is 0.447 e. The minimum Gasteiger partial charge on any atom is -0.447 e. The third kappa shape index (κ3) is 4.21. The predicted molar refractivity (Wildman–Crippen MR) is 72.9 cm³/mol. The highest BCUT2D eigenvalue weighted by atomic mass is 79.9. The summed E-state index contributed by atoms with van der Waals surface area (Å²) in [5.41, 5.74) is 0.918. The number of rotatable bonds is 5. The van der Waals surface area contributed by atoms with Gasteiger partial charge < -0.3 is 19.4 Å². The van der Waals surface area contributed by atoms with E-state index < -0.39 is 6.09 Å². The first-order valence-electron chi connectivity index (χ1n) is 6.34. The van der Waals surface area contributed by atoms with Crippen molar-refractivity contribution in [3.8, 4) is 0 Å². The Morgan fingerprint density at radius 1 is 1.74 bits per heavy atom. The number of imidazole rings is 1. The maximum absolute atomic E-state index is 11.5. The molecule has 1 aromatic rings. The second kappa shape index (κ2) is 6.91.